The predicted octanol–water partition coefficient (Wildman–Crippen LogP) is 4.84. The molecule has 0 aromatic heterocycles. The molecule has 6 atom stereocenters. The zero-order valence-electron chi connectivity index (χ0n) is 17.1. The van der Waals surface area contributed by atoms with Gasteiger partial charge in [0, 0.05) is 20.9 Å². The van der Waals surface area contributed by atoms with Crippen molar-refractivity contribution >= 4 is 61.0 Å². The molecular weight excluding hydrogens is 524 g/mol. The van der Waals surface area contributed by atoms with Crippen molar-refractivity contribution in [2.24, 2.45) is 23.7 Å². The second-order valence-corrected chi connectivity index (χ2v) is 10.9. The summed E-state index contributed by atoms with van der Waals surface area (Å²) in [4.78, 5) is 41.1. The van der Waals surface area contributed by atoms with Gasteiger partial charge in [-0.15, -0.1) is 0 Å². The van der Waals surface area contributed by atoms with Gasteiger partial charge in [-0.3, -0.25) is 19.3 Å². The van der Waals surface area contributed by atoms with Gasteiger partial charge in [0.25, 0.3) is 5.91 Å². The molecule has 1 N–H and O–H groups in total. The number of benzene rings is 2. The number of hydrogen-bond acceptors (Lipinski definition) is 3. The van der Waals surface area contributed by atoms with E-state index in [1.807, 2.05) is 32.0 Å². The molecule has 5 nitrogen and oxygen atoms in total. The first-order valence-corrected chi connectivity index (χ1v) is 12.3. The standard InChI is InChI=1S/C24H22Br2N2O3/c1-11-5-3-8-17(12(11)2)27-22(29)13-6-4-7-14(9-13)28-23(30)18-15-10-16(19(18)24(28)31)21(26)20(15)25/h3-9,15-16,18-21H,10H2,1-2H3,(H,27,29)/t15-,16-,18-,19+,20+,21+/m1/s1. The van der Waals surface area contributed by atoms with Crippen molar-refractivity contribution in [3.63, 3.8) is 0 Å². The molecule has 2 saturated carbocycles. The van der Waals surface area contributed by atoms with Crippen LogP contribution in [0.5, 0.6) is 0 Å². The molecule has 160 valence electrons. The van der Waals surface area contributed by atoms with E-state index in [2.05, 4.69) is 37.2 Å². The van der Waals surface area contributed by atoms with Crippen LogP contribution in [0.2, 0.25) is 0 Å². The topological polar surface area (TPSA) is 66.5 Å². The Morgan fingerprint density at radius 3 is 2.23 bits per heavy atom. The maximum absolute atomic E-state index is 13.3. The minimum absolute atomic E-state index is 0.140. The Kier molecular flexibility index (Phi) is 5.09. The summed E-state index contributed by atoms with van der Waals surface area (Å²) in [5, 5.41) is 2.94. The van der Waals surface area contributed by atoms with Gasteiger partial charge in [0.15, 0.2) is 0 Å². The maximum Gasteiger partial charge on any atom is 0.255 e. The lowest BCUT2D eigenvalue weighted by molar-refractivity contribution is -0.123. The molecule has 3 aliphatic rings. The van der Waals surface area contributed by atoms with Crippen molar-refractivity contribution in [2.45, 2.75) is 29.9 Å². The van der Waals surface area contributed by atoms with Crippen LogP contribution in [0.25, 0.3) is 0 Å². The summed E-state index contributed by atoms with van der Waals surface area (Å²) in [6.45, 7) is 3.96. The number of alkyl halides is 2. The van der Waals surface area contributed by atoms with Gasteiger partial charge in [-0.25, -0.2) is 0 Å². The van der Waals surface area contributed by atoms with E-state index in [0.717, 1.165) is 23.2 Å². The Morgan fingerprint density at radius 1 is 0.968 bits per heavy atom. The molecule has 2 aliphatic carbocycles. The zero-order chi connectivity index (χ0) is 22.0. The van der Waals surface area contributed by atoms with Gasteiger partial charge in [-0.05, 0) is 67.5 Å². The minimum Gasteiger partial charge on any atom is -0.322 e. The van der Waals surface area contributed by atoms with Crippen molar-refractivity contribution in [1.82, 2.24) is 0 Å². The van der Waals surface area contributed by atoms with Crippen molar-refractivity contribution in [1.29, 1.82) is 0 Å². The number of fused-ring (bicyclic) bond motifs is 5. The van der Waals surface area contributed by atoms with E-state index >= 15 is 0 Å². The number of nitrogens with one attached hydrogen (secondary N) is 1. The number of halogens is 2. The quantitative estimate of drug-likeness (QED) is 0.443. The van der Waals surface area contributed by atoms with E-state index < -0.39 is 0 Å². The molecule has 1 saturated heterocycles. The minimum atomic E-state index is -0.275. The van der Waals surface area contributed by atoms with Crippen LogP contribution in [-0.4, -0.2) is 27.4 Å². The average Bonchev–Trinajstić information content (AvgIpc) is 3.36. The van der Waals surface area contributed by atoms with Crippen LogP contribution in [0.15, 0.2) is 42.5 Å². The first-order valence-electron chi connectivity index (χ1n) is 10.4. The number of nitrogens with zero attached hydrogens (tertiary/aromatic N) is 1. The highest BCUT2D eigenvalue weighted by atomic mass is 79.9. The lowest BCUT2D eigenvalue weighted by atomic mass is 9.81. The summed E-state index contributed by atoms with van der Waals surface area (Å²) in [6.07, 6.45) is 0.894. The highest BCUT2D eigenvalue weighted by Gasteiger charge is 2.66. The fourth-order valence-electron chi connectivity index (χ4n) is 5.47. The summed E-state index contributed by atoms with van der Waals surface area (Å²) in [5.41, 5.74) is 3.73. The molecule has 2 bridgehead atoms. The predicted molar refractivity (Wildman–Crippen MR) is 127 cm³/mol. The number of rotatable bonds is 3. The van der Waals surface area contributed by atoms with Crippen LogP contribution in [0, 0.1) is 37.5 Å². The summed E-state index contributed by atoms with van der Waals surface area (Å²) in [5.74, 6) is -0.771. The van der Waals surface area contributed by atoms with E-state index in [-0.39, 0.29) is 51.0 Å². The van der Waals surface area contributed by atoms with Crippen molar-refractivity contribution in [3.05, 3.63) is 59.2 Å². The Bertz CT molecular complexity index is 1090. The van der Waals surface area contributed by atoms with Gasteiger partial charge in [0.2, 0.25) is 11.8 Å². The molecule has 0 unspecified atom stereocenters. The van der Waals surface area contributed by atoms with Crippen LogP contribution in [0.3, 0.4) is 0 Å². The summed E-state index contributed by atoms with van der Waals surface area (Å²) >= 11 is 7.42. The molecule has 31 heavy (non-hydrogen) atoms. The average molecular weight is 546 g/mol. The Morgan fingerprint density at radius 2 is 1.58 bits per heavy atom. The van der Waals surface area contributed by atoms with Crippen LogP contribution in [0.1, 0.15) is 27.9 Å². The van der Waals surface area contributed by atoms with Crippen LogP contribution in [0.4, 0.5) is 11.4 Å². The van der Waals surface area contributed by atoms with E-state index in [9.17, 15) is 14.4 Å². The van der Waals surface area contributed by atoms with Gasteiger partial charge in [0.1, 0.15) is 0 Å². The van der Waals surface area contributed by atoms with E-state index in [0.29, 0.717) is 11.3 Å². The van der Waals surface area contributed by atoms with Crippen molar-refractivity contribution in [3.8, 4) is 0 Å². The summed E-state index contributed by atoms with van der Waals surface area (Å²) in [6, 6.07) is 12.5. The summed E-state index contributed by atoms with van der Waals surface area (Å²) in [7, 11) is 0. The maximum atomic E-state index is 13.3. The van der Waals surface area contributed by atoms with Gasteiger partial charge >= 0.3 is 0 Å². The summed E-state index contributed by atoms with van der Waals surface area (Å²) < 4.78 is 0. The Balaban J connectivity index is 1.42. The van der Waals surface area contributed by atoms with Gasteiger partial charge < -0.3 is 5.32 Å². The SMILES string of the molecule is Cc1cccc(NC(=O)c2cccc(N3C(=O)[C@@H]4[C@H]5C[C@@H]([C@H](Br)[C@H]5Br)[C@@H]4C3=O)c2)c1C. The number of imide groups is 1. The lowest BCUT2D eigenvalue weighted by Gasteiger charge is -2.28. The fraction of sp³-hybridized carbons (Fsp3) is 0.375. The monoisotopic (exact) mass is 544 g/mol. The van der Waals surface area contributed by atoms with Crippen molar-refractivity contribution in [2.75, 3.05) is 10.2 Å². The second kappa shape index (κ2) is 7.55. The second-order valence-electron chi connectivity index (χ2n) is 8.77. The first kappa shape index (κ1) is 20.9. The van der Waals surface area contributed by atoms with E-state index in [1.165, 1.54) is 4.90 Å². The molecule has 1 heterocycles. The molecule has 0 spiro atoms. The van der Waals surface area contributed by atoms with Gasteiger partial charge in [0.05, 0.1) is 17.5 Å². The number of carbonyl (C=O) groups excluding carboxylic acids is 3. The number of anilines is 2. The third kappa shape index (κ3) is 3.11. The van der Waals surface area contributed by atoms with Crippen LogP contribution >= 0.6 is 31.9 Å². The normalized spacial score (nSPS) is 31.3. The largest absolute Gasteiger partial charge is 0.322 e. The highest BCUT2D eigenvalue weighted by molar-refractivity contribution is 9.12. The first-order chi connectivity index (χ1) is 14.8. The Hall–Kier alpha value is -1.99. The smallest absolute Gasteiger partial charge is 0.255 e. The molecule has 7 heteroatoms. The molecule has 3 fully saturated rings. The molecule has 2 aromatic rings. The lowest BCUT2D eigenvalue weighted by Crippen LogP contribution is -2.37. The highest BCUT2D eigenvalue weighted by Crippen LogP contribution is 2.60. The zero-order valence-corrected chi connectivity index (χ0v) is 20.3. The number of carbonyl (C=O) groups is 3. The van der Waals surface area contributed by atoms with Crippen LogP contribution < -0.4 is 10.2 Å². The molecular formula is C24H22Br2N2O3. The van der Waals surface area contributed by atoms with E-state index in [1.54, 1.807) is 24.3 Å². The molecule has 5 rings (SSSR count). The molecule has 3 amide bonds. The Labute approximate surface area is 197 Å². The number of hydrogen-bond donors (Lipinski definition) is 1. The molecule has 2 aromatic carbocycles. The third-order valence-corrected chi connectivity index (χ3v) is 10.4. The van der Waals surface area contributed by atoms with E-state index in [4.69, 9.17) is 0 Å². The third-order valence-electron chi connectivity index (χ3n) is 7.21. The number of amides is 3. The van der Waals surface area contributed by atoms with Crippen molar-refractivity contribution < 1.29 is 14.4 Å². The fourth-order valence-corrected chi connectivity index (χ4v) is 7.34. The van der Waals surface area contributed by atoms with Gasteiger partial charge in [-0.1, -0.05) is 50.1 Å². The number of aryl methyl sites for hydroxylation is 1. The molecule has 1 aliphatic heterocycles. The van der Waals surface area contributed by atoms with Gasteiger partial charge in [-0.2, -0.15) is 0 Å². The van der Waals surface area contributed by atoms with Crippen LogP contribution in [-0.2, 0) is 9.59 Å². The molecule has 0 radical (unpaired) electrons.